The Morgan fingerprint density at radius 2 is 2.00 bits per heavy atom. The molecule has 1 aromatic rings. The molecule has 0 amide bonds. The third-order valence-corrected chi connectivity index (χ3v) is 4.57. The molecule has 1 aromatic heterocycles. The Morgan fingerprint density at radius 3 is 2.65 bits per heavy atom. The second-order valence-corrected chi connectivity index (χ2v) is 5.99. The van der Waals surface area contributed by atoms with E-state index in [4.69, 9.17) is 15.0 Å². The van der Waals surface area contributed by atoms with Crippen molar-refractivity contribution in [3.63, 3.8) is 0 Å². The maximum absolute atomic E-state index is 6.00. The summed E-state index contributed by atoms with van der Waals surface area (Å²) in [6, 6.07) is 0. The first-order valence-corrected chi connectivity index (χ1v) is 7.45. The first-order valence-electron chi connectivity index (χ1n) is 7.45. The van der Waals surface area contributed by atoms with Gasteiger partial charge in [0.15, 0.2) is 0 Å². The summed E-state index contributed by atoms with van der Waals surface area (Å²) in [4.78, 5) is 4.52. The maximum atomic E-state index is 6.00. The second-order valence-electron chi connectivity index (χ2n) is 5.99. The van der Waals surface area contributed by atoms with Gasteiger partial charge >= 0.3 is 0 Å². The summed E-state index contributed by atoms with van der Waals surface area (Å²) in [6.07, 6.45) is 9.17. The molecule has 3 rings (SSSR count). The molecule has 6 heteroatoms. The van der Waals surface area contributed by atoms with Crippen molar-refractivity contribution in [3.8, 4) is 0 Å². The van der Waals surface area contributed by atoms with Gasteiger partial charge < -0.3 is 15.0 Å². The molecule has 20 heavy (non-hydrogen) atoms. The van der Waals surface area contributed by atoms with Crippen molar-refractivity contribution in [3.05, 3.63) is 11.7 Å². The lowest BCUT2D eigenvalue weighted by molar-refractivity contribution is 0.103. The Kier molecular flexibility index (Phi) is 5.41. The van der Waals surface area contributed by atoms with Crippen molar-refractivity contribution in [1.82, 2.24) is 10.1 Å². The molecule has 1 aliphatic carbocycles. The zero-order valence-corrected chi connectivity index (χ0v) is 12.7. The van der Waals surface area contributed by atoms with Crippen molar-refractivity contribution in [2.24, 2.45) is 11.1 Å². The van der Waals surface area contributed by atoms with Gasteiger partial charge in [0.2, 0.25) is 11.7 Å². The van der Waals surface area contributed by atoms with Gasteiger partial charge in [0, 0.05) is 13.0 Å². The standard InChI is InChI=1S/C14H23N3O2.ClH/c15-10-14(6-2-1-3-7-14)9-12-16-13(17-19-12)11-5-4-8-18-11;/h11H,1-10,15H2;1H. The van der Waals surface area contributed by atoms with Crippen LogP contribution in [0.1, 0.15) is 62.8 Å². The number of halogens is 1. The van der Waals surface area contributed by atoms with Crippen molar-refractivity contribution < 1.29 is 9.26 Å². The number of ether oxygens (including phenoxy) is 1. The van der Waals surface area contributed by atoms with E-state index in [0.29, 0.717) is 6.54 Å². The van der Waals surface area contributed by atoms with E-state index in [-0.39, 0.29) is 23.9 Å². The highest BCUT2D eigenvalue weighted by Gasteiger charge is 2.33. The number of aromatic nitrogens is 2. The average Bonchev–Trinajstić information content (AvgIpc) is 3.10. The molecule has 1 atom stereocenters. The fourth-order valence-electron chi connectivity index (χ4n) is 3.33. The lowest BCUT2D eigenvalue weighted by atomic mass is 9.72. The normalized spacial score (nSPS) is 25.4. The highest BCUT2D eigenvalue weighted by atomic mass is 35.5. The van der Waals surface area contributed by atoms with E-state index in [1.54, 1.807) is 0 Å². The zero-order valence-electron chi connectivity index (χ0n) is 11.8. The van der Waals surface area contributed by atoms with Crippen LogP contribution in [0.4, 0.5) is 0 Å². The monoisotopic (exact) mass is 301 g/mol. The third kappa shape index (κ3) is 3.32. The van der Waals surface area contributed by atoms with Crippen LogP contribution in [0.25, 0.3) is 0 Å². The van der Waals surface area contributed by atoms with Crippen LogP contribution in [0.15, 0.2) is 4.52 Å². The number of nitrogens with zero attached hydrogens (tertiary/aromatic N) is 2. The van der Waals surface area contributed by atoms with Crippen LogP contribution in [0.2, 0.25) is 0 Å². The van der Waals surface area contributed by atoms with Crippen LogP contribution in [0.3, 0.4) is 0 Å². The number of rotatable bonds is 4. The van der Waals surface area contributed by atoms with E-state index in [2.05, 4.69) is 10.1 Å². The highest BCUT2D eigenvalue weighted by molar-refractivity contribution is 5.85. The van der Waals surface area contributed by atoms with E-state index in [9.17, 15) is 0 Å². The Labute approximate surface area is 126 Å². The highest BCUT2D eigenvalue weighted by Crippen LogP contribution is 2.38. The largest absolute Gasteiger partial charge is 0.370 e. The molecule has 0 radical (unpaired) electrons. The molecule has 2 heterocycles. The lowest BCUT2D eigenvalue weighted by Crippen LogP contribution is -2.35. The van der Waals surface area contributed by atoms with Crippen LogP contribution >= 0.6 is 12.4 Å². The maximum Gasteiger partial charge on any atom is 0.227 e. The molecule has 1 saturated carbocycles. The van der Waals surface area contributed by atoms with E-state index >= 15 is 0 Å². The summed E-state index contributed by atoms with van der Waals surface area (Å²) in [6.45, 7) is 1.52. The van der Waals surface area contributed by atoms with Gasteiger partial charge in [-0.3, -0.25) is 0 Å². The molecular weight excluding hydrogens is 278 g/mol. The van der Waals surface area contributed by atoms with E-state index in [1.807, 2.05) is 0 Å². The Morgan fingerprint density at radius 1 is 1.20 bits per heavy atom. The first-order chi connectivity index (χ1) is 9.31. The summed E-state index contributed by atoms with van der Waals surface area (Å²) < 4.78 is 11.0. The summed E-state index contributed by atoms with van der Waals surface area (Å²) in [7, 11) is 0. The van der Waals surface area contributed by atoms with E-state index in [0.717, 1.165) is 37.6 Å². The van der Waals surface area contributed by atoms with Gasteiger partial charge in [-0.15, -0.1) is 12.4 Å². The molecule has 1 saturated heterocycles. The quantitative estimate of drug-likeness (QED) is 0.925. The van der Waals surface area contributed by atoms with Crippen LogP contribution in [-0.2, 0) is 11.2 Å². The van der Waals surface area contributed by atoms with Gasteiger partial charge in [0.05, 0.1) is 0 Å². The van der Waals surface area contributed by atoms with Crippen LogP contribution in [0, 0.1) is 5.41 Å². The van der Waals surface area contributed by atoms with Gasteiger partial charge in [-0.25, -0.2) is 0 Å². The van der Waals surface area contributed by atoms with Crippen molar-refractivity contribution in [2.75, 3.05) is 13.2 Å². The molecule has 1 unspecified atom stereocenters. The topological polar surface area (TPSA) is 74.2 Å². The minimum absolute atomic E-state index is 0. The van der Waals surface area contributed by atoms with Crippen molar-refractivity contribution in [1.29, 1.82) is 0 Å². The average molecular weight is 302 g/mol. The molecule has 0 bridgehead atoms. The Balaban J connectivity index is 0.00000147. The first kappa shape index (κ1) is 15.7. The molecule has 1 aliphatic heterocycles. The molecule has 114 valence electrons. The van der Waals surface area contributed by atoms with E-state index < -0.39 is 0 Å². The van der Waals surface area contributed by atoms with Gasteiger partial charge in [-0.05, 0) is 37.6 Å². The minimum atomic E-state index is 0. The molecule has 2 aliphatic rings. The number of nitrogens with two attached hydrogens (primary N) is 1. The zero-order chi connectivity index (χ0) is 13.1. The Hall–Kier alpha value is -0.650. The van der Waals surface area contributed by atoms with Crippen LogP contribution in [0.5, 0.6) is 0 Å². The third-order valence-electron chi connectivity index (χ3n) is 4.57. The molecular formula is C14H24ClN3O2. The van der Waals surface area contributed by atoms with Gasteiger partial charge in [0.25, 0.3) is 0 Å². The fraction of sp³-hybridized carbons (Fsp3) is 0.857. The smallest absolute Gasteiger partial charge is 0.227 e. The number of hydrogen-bond acceptors (Lipinski definition) is 5. The lowest BCUT2D eigenvalue weighted by Gasteiger charge is -2.34. The molecule has 0 spiro atoms. The van der Waals surface area contributed by atoms with Crippen LogP contribution in [-0.4, -0.2) is 23.3 Å². The molecule has 0 aromatic carbocycles. The predicted octanol–water partition coefficient (Wildman–Crippen LogP) is 2.79. The summed E-state index contributed by atoms with van der Waals surface area (Å²) >= 11 is 0. The fourth-order valence-corrected chi connectivity index (χ4v) is 3.33. The summed E-state index contributed by atoms with van der Waals surface area (Å²) in [5, 5.41) is 4.08. The van der Waals surface area contributed by atoms with Crippen molar-refractivity contribution >= 4 is 12.4 Å². The molecule has 5 nitrogen and oxygen atoms in total. The predicted molar refractivity (Wildman–Crippen MR) is 77.7 cm³/mol. The minimum Gasteiger partial charge on any atom is -0.370 e. The molecule has 2 fully saturated rings. The van der Waals surface area contributed by atoms with Crippen LogP contribution < -0.4 is 5.73 Å². The SMILES string of the molecule is Cl.NCC1(Cc2nc(C3CCCO3)no2)CCCCC1. The van der Waals surface area contributed by atoms with Crippen molar-refractivity contribution in [2.45, 2.75) is 57.5 Å². The summed E-state index contributed by atoms with van der Waals surface area (Å²) in [5.41, 5.74) is 6.18. The Bertz CT molecular complexity index is 412. The van der Waals surface area contributed by atoms with Gasteiger partial charge in [0.1, 0.15) is 6.10 Å². The number of hydrogen-bond donors (Lipinski definition) is 1. The summed E-state index contributed by atoms with van der Waals surface area (Å²) in [5.74, 6) is 1.45. The van der Waals surface area contributed by atoms with Gasteiger partial charge in [-0.2, -0.15) is 4.98 Å². The van der Waals surface area contributed by atoms with Gasteiger partial charge in [-0.1, -0.05) is 24.4 Å². The second kappa shape index (κ2) is 6.87. The molecule has 2 N–H and O–H groups in total. The van der Waals surface area contributed by atoms with E-state index in [1.165, 1.54) is 32.1 Å².